The molecular formula is C26H31N3O4S. The van der Waals surface area contributed by atoms with Crippen molar-refractivity contribution in [1.29, 1.82) is 0 Å². The van der Waals surface area contributed by atoms with Gasteiger partial charge in [-0.05, 0) is 66.6 Å². The summed E-state index contributed by atoms with van der Waals surface area (Å²) in [6.07, 6.45) is 1.18. The molecule has 3 aromatic rings. The zero-order chi connectivity index (χ0) is 24.7. The minimum absolute atomic E-state index is 0.160. The van der Waals surface area contributed by atoms with E-state index in [-0.39, 0.29) is 12.5 Å². The third kappa shape index (κ3) is 6.74. The fraction of sp³-hybridized carbons (Fsp3) is 0.269. The number of carbonyl (C=O) groups is 1. The van der Waals surface area contributed by atoms with Crippen LogP contribution in [0, 0.1) is 0 Å². The highest BCUT2D eigenvalue weighted by molar-refractivity contribution is 7.92. The van der Waals surface area contributed by atoms with E-state index in [1.165, 1.54) is 10.6 Å². The zero-order valence-electron chi connectivity index (χ0n) is 20.0. The minimum atomic E-state index is -3.51. The van der Waals surface area contributed by atoms with Crippen molar-refractivity contribution in [1.82, 2.24) is 5.32 Å². The van der Waals surface area contributed by atoms with Crippen molar-refractivity contribution in [3.05, 3.63) is 89.5 Å². The summed E-state index contributed by atoms with van der Waals surface area (Å²) in [4.78, 5) is 14.6. The fourth-order valence-corrected chi connectivity index (χ4v) is 4.29. The quantitative estimate of drug-likeness (QED) is 0.473. The lowest BCUT2D eigenvalue weighted by atomic mass is 10.1. The highest BCUT2D eigenvalue weighted by Crippen LogP contribution is 2.24. The molecule has 0 spiro atoms. The number of sulfonamides is 1. The molecule has 0 saturated heterocycles. The van der Waals surface area contributed by atoms with Crippen molar-refractivity contribution in [2.75, 3.05) is 36.2 Å². The number of amides is 1. The van der Waals surface area contributed by atoms with E-state index in [2.05, 4.69) is 5.32 Å². The third-order valence-electron chi connectivity index (χ3n) is 5.28. The molecule has 0 unspecified atom stereocenters. The second-order valence-corrected chi connectivity index (χ2v) is 10.0. The van der Waals surface area contributed by atoms with Gasteiger partial charge in [-0.1, -0.05) is 24.3 Å². The van der Waals surface area contributed by atoms with Crippen LogP contribution in [0.4, 0.5) is 11.4 Å². The minimum Gasteiger partial charge on any atom is -0.494 e. The van der Waals surface area contributed by atoms with Crippen LogP contribution in [0.15, 0.2) is 72.8 Å². The van der Waals surface area contributed by atoms with E-state index in [9.17, 15) is 13.2 Å². The number of anilines is 2. The van der Waals surface area contributed by atoms with Crippen LogP contribution in [0.5, 0.6) is 5.75 Å². The number of ether oxygens (including phenoxy) is 1. The Bertz CT molecular complexity index is 1190. The van der Waals surface area contributed by atoms with E-state index in [1.54, 1.807) is 48.5 Å². The van der Waals surface area contributed by atoms with Gasteiger partial charge in [-0.15, -0.1) is 0 Å². The predicted molar refractivity (Wildman–Crippen MR) is 137 cm³/mol. The lowest BCUT2D eigenvalue weighted by molar-refractivity contribution is 0.0951. The summed E-state index contributed by atoms with van der Waals surface area (Å²) in [6.45, 7) is 3.02. The van der Waals surface area contributed by atoms with E-state index in [1.807, 2.05) is 50.2 Å². The highest BCUT2D eigenvalue weighted by atomic mass is 32.2. The van der Waals surface area contributed by atoms with Crippen LogP contribution >= 0.6 is 0 Å². The number of rotatable bonds is 10. The van der Waals surface area contributed by atoms with Gasteiger partial charge < -0.3 is 15.0 Å². The summed E-state index contributed by atoms with van der Waals surface area (Å²) >= 11 is 0. The van der Waals surface area contributed by atoms with Crippen molar-refractivity contribution in [3.63, 3.8) is 0 Å². The first-order chi connectivity index (χ1) is 16.2. The summed E-state index contributed by atoms with van der Waals surface area (Å²) in [5, 5.41) is 2.92. The smallest absolute Gasteiger partial charge is 0.251 e. The Balaban J connectivity index is 1.65. The van der Waals surface area contributed by atoms with Crippen LogP contribution in [0.25, 0.3) is 0 Å². The maximum absolute atomic E-state index is 12.6. The third-order valence-corrected chi connectivity index (χ3v) is 6.42. The molecule has 0 heterocycles. The number of hydrogen-bond acceptors (Lipinski definition) is 5. The lowest BCUT2D eigenvalue weighted by Gasteiger charge is -2.23. The van der Waals surface area contributed by atoms with Crippen molar-refractivity contribution in [3.8, 4) is 5.75 Å². The van der Waals surface area contributed by atoms with Gasteiger partial charge in [0.2, 0.25) is 10.0 Å². The Kier molecular flexibility index (Phi) is 8.17. The van der Waals surface area contributed by atoms with E-state index in [0.717, 1.165) is 16.8 Å². The van der Waals surface area contributed by atoms with Crippen molar-refractivity contribution in [2.45, 2.75) is 20.0 Å². The molecule has 7 nitrogen and oxygen atoms in total. The summed E-state index contributed by atoms with van der Waals surface area (Å²) in [6, 6.07) is 21.9. The standard InChI is InChI=1S/C26H31N3O4S/c1-5-33-25-16-14-24(15-17-25)29(34(4,31)32)19-21-6-10-22(11-7-21)26(30)27-18-20-8-12-23(13-9-20)28(2)3/h6-17H,5,18-19H2,1-4H3,(H,27,30). The monoisotopic (exact) mass is 481 g/mol. The molecule has 0 aliphatic carbocycles. The fourth-order valence-electron chi connectivity index (χ4n) is 3.40. The number of carbonyl (C=O) groups excluding carboxylic acids is 1. The predicted octanol–water partition coefficient (Wildman–Crippen LogP) is 4.05. The summed E-state index contributed by atoms with van der Waals surface area (Å²) < 4.78 is 31.6. The molecule has 34 heavy (non-hydrogen) atoms. The Morgan fingerprint density at radius 3 is 1.94 bits per heavy atom. The molecule has 3 rings (SSSR count). The lowest BCUT2D eigenvalue weighted by Crippen LogP contribution is -2.29. The number of benzene rings is 3. The molecule has 0 fully saturated rings. The van der Waals surface area contributed by atoms with Gasteiger partial charge in [0, 0.05) is 31.9 Å². The number of nitrogens with zero attached hydrogens (tertiary/aromatic N) is 2. The van der Waals surface area contributed by atoms with Gasteiger partial charge in [-0.2, -0.15) is 0 Å². The molecule has 3 aromatic carbocycles. The van der Waals surface area contributed by atoms with Crippen LogP contribution in [0.3, 0.4) is 0 Å². The Hall–Kier alpha value is -3.52. The van der Waals surface area contributed by atoms with Gasteiger partial charge in [0.25, 0.3) is 5.91 Å². The molecule has 0 atom stereocenters. The van der Waals surface area contributed by atoms with Crippen LogP contribution in [-0.2, 0) is 23.1 Å². The van der Waals surface area contributed by atoms with E-state index in [0.29, 0.717) is 30.2 Å². The largest absolute Gasteiger partial charge is 0.494 e. The first-order valence-electron chi connectivity index (χ1n) is 11.0. The van der Waals surface area contributed by atoms with Gasteiger partial charge in [-0.25, -0.2) is 8.42 Å². The topological polar surface area (TPSA) is 79.0 Å². The van der Waals surface area contributed by atoms with Gasteiger partial charge in [0.15, 0.2) is 0 Å². The Morgan fingerprint density at radius 2 is 1.41 bits per heavy atom. The van der Waals surface area contributed by atoms with Crippen LogP contribution < -0.4 is 19.3 Å². The molecule has 0 bridgehead atoms. The average molecular weight is 482 g/mol. The number of nitrogens with one attached hydrogen (secondary N) is 1. The molecule has 0 aliphatic rings. The van der Waals surface area contributed by atoms with Crippen molar-refractivity contribution < 1.29 is 17.9 Å². The van der Waals surface area contributed by atoms with E-state index in [4.69, 9.17) is 4.74 Å². The van der Waals surface area contributed by atoms with Crippen LogP contribution in [0.1, 0.15) is 28.4 Å². The molecule has 0 aromatic heterocycles. The first kappa shape index (κ1) is 25.1. The van der Waals surface area contributed by atoms with Crippen LogP contribution in [0.2, 0.25) is 0 Å². The van der Waals surface area contributed by atoms with Crippen molar-refractivity contribution in [2.24, 2.45) is 0 Å². The van der Waals surface area contributed by atoms with E-state index >= 15 is 0 Å². The van der Waals surface area contributed by atoms with Gasteiger partial charge in [-0.3, -0.25) is 9.10 Å². The molecule has 1 N–H and O–H groups in total. The molecule has 1 amide bonds. The summed E-state index contributed by atoms with van der Waals surface area (Å²) in [7, 11) is 0.454. The summed E-state index contributed by atoms with van der Waals surface area (Å²) in [5.74, 6) is 0.499. The maximum atomic E-state index is 12.6. The second-order valence-electron chi connectivity index (χ2n) is 8.14. The molecule has 0 saturated carbocycles. The van der Waals surface area contributed by atoms with Crippen LogP contribution in [-0.4, -0.2) is 41.3 Å². The highest BCUT2D eigenvalue weighted by Gasteiger charge is 2.18. The van der Waals surface area contributed by atoms with E-state index < -0.39 is 10.0 Å². The zero-order valence-corrected chi connectivity index (χ0v) is 20.8. The number of hydrogen-bond donors (Lipinski definition) is 1. The SMILES string of the molecule is CCOc1ccc(N(Cc2ccc(C(=O)NCc3ccc(N(C)C)cc3)cc2)S(C)(=O)=O)cc1. The molecule has 0 aliphatic heterocycles. The molecular weight excluding hydrogens is 450 g/mol. The first-order valence-corrected chi connectivity index (χ1v) is 12.9. The maximum Gasteiger partial charge on any atom is 0.251 e. The molecule has 180 valence electrons. The van der Waals surface area contributed by atoms with Gasteiger partial charge in [0.05, 0.1) is 25.1 Å². The molecule has 8 heteroatoms. The Labute approximate surface area is 202 Å². The van der Waals surface area contributed by atoms with Crippen molar-refractivity contribution >= 4 is 27.3 Å². The van der Waals surface area contributed by atoms with Gasteiger partial charge in [0.1, 0.15) is 5.75 Å². The van der Waals surface area contributed by atoms with Gasteiger partial charge >= 0.3 is 0 Å². The second kappa shape index (κ2) is 11.1. The summed E-state index contributed by atoms with van der Waals surface area (Å²) in [5.41, 5.74) is 3.94. The average Bonchev–Trinajstić information content (AvgIpc) is 2.82. The Morgan fingerprint density at radius 1 is 0.853 bits per heavy atom. The normalized spacial score (nSPS) is 11.1. The molecule has 0 radical (unpaired) electrons.